The average Bonchev–Trinajstić information content (AvgIpc) is 3.13. The average molecular weight is 431 g/mol. The maximum absolute atomic E-state index is 12.3. The fourth-order valence-corrected chi connectivity index (χ4v) is 5.30. The van der Waals surface area contributed by atoms with E-state index in [0.29, 0.717) is 29.4 Å². The summed E-state index contributed by atoms with van der Waals surface area (Å²) < 4.78 is 28.2. The lowest BCUT2D eigenvalue weighted by atomic mass is 10.0. The molecule has 4 rings (SSSR count). The van der Waals surface area contributed by atoms with Gasteiger partial charge in [0.1, 0.15) is 4.21 Å². The van der Waals surface area contributed by atoms with Crippen molar-refractivity contribution in [2.45, 2.75) is 4.21 Å². The van der Waals surface area contributed by atoms with Crippen LogP contribution in [0.3, 0.4) is 0 Å². The molecule has 0 atom stereocenters. The summed E-state index contributed by atoms with van der Waals surface area (Å²) in [4.78, 5) is 16.4. The molecule has 0 bridgehead atoms. The Bertz CT molecular complexity index is 1030. The van der Waals surface area contributed by atoms with Gasteiger partial charge in [-0.15, -0.1) is 23.7 Å². The van der Waals surface area contributed by atoms with Crippen LogP contribution >= 0.6 is 35.1 Å². The van der Waals surface area contributed by atoms with Crippen LogP contribution in [0.15, 0.2) is 39.9 Å². The van der Waals surface area contributed by atoms with Crippen molar-refractivity contribution >= 4 is 72.0 Å². The molecule has 26 heavy (non-hydrogen) atoms. The summed E-state index contributed by atoms with van der Waals surface area (Å²) in [5, 5.41) is 8.10. The normalized spacial score (nSPS) is 14.5. The van der Waals surface area contributed by atoms with E-state index in [4.69, 9.17) is 0 Å². The monoisotopic (exact) mass is 430 g/mol. The first-order chi connectivity index (χ1) is 12.0. The number of thiophene rings is 1. The Morgan fingerprint density at radius 1 is 1.27 bits per heavy atom. The summed E-state index contributed by atoms with van der Waals surface area (Å²) in [6, 6.07) is 8.37. The van der Waals surface area contributed by atoms with Crippen LogP contribution in [0.4, 0.5) is 10.8 Å². The van der Waals surface area contributed by atoms with Crippen molar-refractivity contribution in [3.8, 4) is 0 Å². The fraction of sp³-hybridized carbons (Fsp3) is 0.200. The molecule has 0 unspecified atom stereocenters. The molecule has 0 aliphatic carbocycles. The summed E-state index contributed by atoms with van der Waals surface area (Å²) in [6.45, 7) is 1.37. The first kappa shape index (κ1) is 19.1. The van der Waals surface area contributed by atoms with Crippen molar-refractivity contribution in [1.82, 2.24) is 10.3 Å². The molecule has 3 N–H and O–H groups in total. The summed E-state index contributed by atoms with van der Waals surface area (Å²) in [7, 11) is -3.58. The van der Waals surface area contributed by atoms with E-state index in [1.165, 1.54) is 11.3 Å². The van der Waals surface area contributed by atoms with Gasteiger partial charge in [0.15, 0.2) is 5.13 Å². The summed E-state index contributed by atoms with van der Waals surface area (Å²) in [5.74, 6) is -0.0587. The van der Waals surface area contributed by atoms with E-state index in [0.717, 1.165) is 16.0 Å². The number of nitrogens with one attached hydrogen (secondary N) is 3. The van der Waals surface area contributed by atoms with Crippen LogP contribution in [0.25, 0.3) is 10.2 Å². The highest BCUT2D eigenvalue weighted by Gasteiger charge is 2.25. The molecule has 1 fully saturated rings. The van der Waals surface area contributed by atoms with Gasteiger partial charge in [0, 0.05) is 13.1 Å². The van der Waals surface area contributed by atoms with E-state index >= 15 is 0 Å². The molecule has 2 aromatic heterocycles. The molecule has 1 aromatic carbocycles. The number of thiazole rings is 1. The Balaban J connectivity index is 0.00000196. The van der Waals surface area contributed by atoms with E-state index in [1.807, 2.05) is 0 Å². The third-order valence-electron chi connectivity index (χ3n) is 3.78. The summed E-state index contributed by atoms with van der Waals surface area (Å²) in [6.07, 6.45) is 0. The highest BCUT2D eigenvalue weighted by Crippen LogP contribution is 2.30. The number of benzene rings is 1. The standard InChI is InChI=1S/C15H14N4O3S3.ClH/c20-14(9-7-16-8-9)18-15-17-11-4-3-10(6-12(11)24-15)19-25(21,22)13-2-1-5-23-13;/h1-6,9,16,19H,7-8H2,(H,17,18,20);1H. The molecule has 1 aliphatic heterocycles. The molecule has 3 aromatic rings. The van der Waals surface area contributed by atoms with Crippen LogP contribution in [0.1, 0.15) is 0 Å². The lowest BCUT2D eigenvalue weighted by molar-refractivity contribution is -0.121. The van der Waals surface area contributed by atoms with Gasteiger partial charge in [-0.25, -0.2) is 13.4 Å². The Morgan fingerprint density at radius 3 is 2.73 bits per heavy atom. The topological polar surface area (TPSA) is 100 Å². The number of aromatic nitrogens is 1. The number of rotatable bonds is 5. The maximum Gasteiger partial charge on any atom is 0.271 e. The van der Waals surface area contributed by atoms with Crippen molar-refractivity contribution in [2.75, 3.05) is 23.1 Å². The Hall–Kier alpha value is -1.72. The van der Waals surface area contributed by atoms with Crippen LogP contribution in [-0.2, 0) is 14.8 Å². The zero-order valence-corrected chi connectivity index (χ0v) is 16.5. The van der Waals surface area contributed by atoms with E-state index in [-0.39, 0.29) is 28.4 Å². The number of hydrogen-bond donors (Lipinski definition) is 3. The molecule has 0 spiro atoms. The molecule has 1 saturated heterocycles. The second-order valence-corrected chi connectivity index (χ2v) is 9.47. The Kier molecular flexibility index (Phi) is 5.49. The number of carbonyl (C=O) groups excluding carboxylic acids is 1. The highest BCUT2D eigenvalue weighted by atomic mass is 35.5. The Morgan fingerprint density at radius 2 is 2.08 bits per heavy atom. The summed E-state index contributed by atoms with van der Waals surface area (Å²) in [5.41, 5.74) is 1.18. The van der Waals surface area contributed by atoms with Gasteiger partial charge in [-0.1, -0.05) is 17.4 Å². The van der Waals surface area contributed by atoms with Crippen molar-refractivity contribution < 1.29 is 13.2 Å². The Labute approximate surface area is 164 Å². The third-order valence-corrected chi connectivity index (χ3v) is 7.50. The van der Waals surface area contributed by atoms with Gasteiger partial charge in [0.2, 0.25) is 5.91 Å². The first-order valence-corrected chi connectivity index (χ1v) is 10.7. The zero-order valence-electron chi connectivity index (χ0n) is 13.3. The minimum absolute atomic E-state index is 0. The number of anilines is 2. The third kappa shape index (κ3) is 3.84. The number of amides is 1. The number of fused-ring (bicyclic) bond motifs is 1. The summed E-state index contributed by atoms with van der Waals surface area (Å²) >= 11 is 2.48. The van der Waals surface area contributed by atoms with Gasteiger partial charge in [-0.3, -0.25) is 9.52 Å². The van der Waals surface area contributed by atoms with Gasteiger partial charge in [-0.2, -0.15) is 0 Å². The minimum Gasteiger partial charge on any atom is -0.315 e. The SMILES string of the molecule is Cl.O=C(Nc1nc2ccc(NS(=O)(=O)c3cccs3)cc2s1)C1CNC1. The second-order valence-electron chi connectivity index (χ2n) is 5.58. The van der Waals surface area contributed by atoms with Crippen molar-refractivity contribution in [3.63, 3.8) is 0 Å². The van der Waals surface area contributed by atoms with Gasteiger partial charge in [-0.05, 0) is 29.6 Å². The highest BCUT2D eigenvalue weighted by molar-refractivity contribution is 7.94. The molecular formula is C15H15ClN4O3S3. The zero-order chi connectivity index (χ0) is 17.4. The number of hydrogen-bond acceptors (Lipinski definition) is 7. The molecule has 1 amide bonds. The van der Waals surface area contributed by atoms with Gasteiger partial charge in [0.25, 0.3) is 10.0 Å². The number of halogens is 1. The van der Waals surface area contributed by atoms with Crippen molar-refractivity contribution in [3.05, 3.63) is 35.7 Å². The molecule has 3 heterocycles. The smallest absolute Gasteiger partial charge is 0.271 e. The molecular weight excluding hydrogens is 416 g/mol. The molecule has 7 nitrogen and oxygen atoms in total. The van der Waals surface area contributed by atoms with Crippen LogP contribution in [0, 0.1) is 5.92 Å². The second kappa shape index (κ2) is 7.49. The maximum atomic E-state index is 12.3. The quantitative estimate of drug-likeness (QED) is 0.577. The first-order valence-electron chi connectivity index (χ1n) is 7.50. The van der Waals surface area contributed by atoms with E-state index in [2.05, 4.69) is 20.3 Å². The van der Waals surface area contributed by atoms with Crippen molar-refractivity contribution in [1.29, 1.82) is 0 Å². The predicted octanol–water partition coefficient (Wildman–Crippen LogP) is 2.74. The van der Waals surface area contributed by atoms with Crippen LogP contribution < -0.4 is 15.4 Å². The minimum atomic E-state index is -3.58. The largest absolute Gasteiger partial charge is 0.315 e. The molecule has 0 saturated carbocycles. The number of nitrogens with zero attached hydrogens (tertiary/aromatic N) is 1. The predicted molar refractivity (Wildman–Crippen MR) is 107 cm³/mol. The number of sulfonamides is 1. The lowest BCUT2D eigenvalue weighted by Crippen LogP contribution is -2.48. The van der Waals surface area contributed by atoms with E-state index < -0.39 is 10.0 Å². The fourth-order valence-electron chi connectivity index (χ4n) is 2.34. The van der Waals surface area contributed by atoms with Crippen LogP contribution in [0.5, 0.6) is 0 Å². The van der Waals surface area contributed by atoms with Gasteiger partial charge in [0.05, 0.1) is 21.8 Å². The van der Waals surface area contributed by atoms with Gasteiger partial charge >= 0.3 is 0 Å². The van der Waals surface area contributed by atoms with Crippen LogP contribution in [0.2, 0.25) is 0 Å². The number of carbonyl (C=O) groups is 1. The van der Waals surface area contributed by atoms with E-state index in [9.17, 15) is 13.2 Å². The van der Waals surface area contributed by atoms with Crippen LogP contribution in [-0.4, -0.2) is 32.4 Å². The molecule has 138 valence electrons. The van der Waals surface area contributed by atoms with Gasteiger partial charge < -0.3 is 10.6 Å². The lowest BCUT2D eigenvalue weighted by Gasteiger charge is -2.25. The van der Waals surface area contributed by atoms with E-state index in [1.54, 1.807) is 35.7 Å². The molecule has 1 aliphatic rings. The molecule has 11 heteroatoms. The van der Waals surface area contributed by atoms with Crippen molar-refractivity contribution in [2.24, 2.45) is 5.92 Å². The molecule has 0 radical (unpaired) electrons.